The third kappa shape index (κ3) is 6.34. The molecule has 0 aliphatic heterocycles. The molecule has 0 saturated carbocycles. The molecular formula is C18H20ClNO3S. The molecule has 2 aromatic rings. The van der Waals surface area contributed by atoms with Crippen molar-refractivity contribution >= 4 is 29.3 Å². The molecular weight excluding hydrogens is 346 g/mol. The number of halogens is 1. The summed E-state index contributed by atoms with van der Waals surface area (Å²) in [5.74, 6) is 2.55. The van der Waals surface area contributed by atoms with E-state index < -0.39 is 0 Å². The van der Waals surface area contributed by atoms with Gasteiger partial charge in [0, 0.05) is 10.8 Å². The predicted octanol–water partition coefficient (Wildman–Crippen LogP) is 3.78. The summed E-state index contributed by atoms with van der Waals surface area (Å²) in [7, 11) is 1.60. The average molecular weight is 366 g/mol. The summed E-state index contributed by atoms with van der Waals surface area (Å²) in [4.78, 5) is 11.8. The molecule has 0 heterocycles. The highest BCUT2D eigenvalue weighted by molar-refractivity contribution is 7.99. The van der Waals surface area contributed by atoms with E-state index >= 15 is 0 Å². The van der Waals surface area contributed by atoms with Gasteiger partial charge in [0.15, 0.2) is 11.5 Å². The topological polar surface area (TPSA) is 47.6 Å². The lowest BCUT2D eigenvalue weighted by molar-refractivity contribution is -0.118. The smallest absolute Gasteiger partial charge is 0.230 e. The molecule has 0 unspecified atom stereocenters. The lowest BCUT2D eigenvalue weighted by Crippen LogP contribution is -2.29. The molecule has 1 amide bonds. The number of para-hydroxylation sites is 2. The van der Waals surface area contributed by atoms with E-state index in [4.69, 9.17) is 21.1 Å². The van der Waals surface area contributed by atoms with Crippen molar-refractivity contribution in [1.29, 1.82) is 0 Å². The zero-order valence-corrected chi connectivity index (χ0v) is 15.0. The standard InChI is InChI=1S/C18H20ClNO3S/c1-22-16-4-2-3-5-17(16)23-11-10-20-18(21)13-24-12-14-6-8-15(19)9-7-14/h2-9H,10-13H2,1H3,(H,20,21). The Balaban J connectivity index is 1.60. The maximum Gasteiger partial charge on any atom is 0.230 e. The van der Waals surface area contributed by atoms with Gasteiger partial charge in [-0.3, -0.25) is 4.79 Å². The van der Waals surface area contributed by atoms with Crippen LogP contribution in [0.5, 0.6) is 11.5 Å². The lowest BCUT2D eigenvalue weighted by atomic mass is 10.2. The van der Waals surface area contributed by atoms with Crippen LogP contribution in [-0.2, 0) is 10.5 Å². The molecule has 0 spiro atoms. The van der Waals surface area contributed by atoms with E-state index in [1.807, 2.05) is 48.5 Å². The Hall–Kier alpha value is -1.85. The number of carbonyl (C=O) groups is 1. The van der Waals surface area contributed by atoms with E-state index in [1.54, 1.807) is 18.9 Å². The zero-order valence-electron chi connectivity index (χ0n) is 13.5. The molecule has 24 heavy (non-hydrogen) atoms. The first-order valence-corrected chi connectivity index (χ1v) is 9.07. The van der Waals surface area contributed by atoms with Crippen molar-refractivity contribution in [3.8, 4) is 11.5 Å². The van der Waals surface area contributed by atoms with Crippen molar-refractivity contribution in [1.82, 2.24) is 5.32 Å². The van der Waals surface area contributed by atoms with Crippen LogP contribution in [0.2, 0.25) is 5.02 Å². The van der Waals surface area contributed by atoms with E-state index in [2.05, 4.69) is 5.32 Å². The average Bonchev–Trinajstić information content (AvgIpc) is 2.61. The normalized spacial score (nSPS) is 10.2. The van der Waals surface area contributed by atoms with E-state index in [1.165, 1.54) is 0 Å². The number of amides is 1. The van der Waals surface area contributed by atoms with Crippen LogP contribution in [0.25, 0.3) is 0 Å². The Kier molecular flexibility index (Phi) is 7.79. The van der Waals surface area contributed by atoms with E-state index in [9.17, 15) is 4.79 Å². The van der Waals surface area contributed by atoms with Gasteiger partial charge in [-0.1, -0.05) is 35.9 Å². The van der Waals surface area contributed by atoms with Crippen molar-refractivity contribution < 1.29 is 14.3 Å². The first-order chi connectivity index (χ1) is 11.7. The van der Waals surface area contributed by atoms with Crippen molar-refractivity contribution in [2.45, 2.75) is 5.75 Å². The number of methoxy groups -OCH3 is 1. The summed E-state index contributed by atoms with van der Waals surface area (Å²) in [6.45, 7) is 0.854. The first kappa shape index (κ1) is 18.5. The summed E-state index contributed by atoms with van der Waals surface area (Å²) < 4.78 is 10.8. The van der Waals surface area contributed by atoms with Gasteiger partial charge < -0.3 is 14.8 Å². The Labute approximate surface area is 151 Å². The zero-order chi connectivity index (χ0) is 17.2. The molecule has 6 heteroatoms. The number of hydrogen-bond acceptors (Lipinski definition) is 4. The summed E-state index contributed by atoms with van der Waals surface area (Å²) >= 11 is 7.40. The molecule has 1 N–H and O–H groups in total. The number of hydrogen-bond donors (Lipinski definition) is 1. The molecule has 0 bridgehead atoms. The number of rotatable bonds is 9. The largest absolute Gasteiger partial charge is 0.493 e. The summed E-state index contributed by atoms with van der Waals surface area (Å²) in [6.07, 6.45) is 0. The molecule has 0 aliphatic rings. The van der Waals surface area contributed by atoms with Gasteiger partial charge in [-0.05, 0) is 29.8 Å². The highest BCUT2D eigenvalue weighted by Crippen LogP contribution is 2.25. The van der Waals surface area contributed by atoms with Crippen LogP contribution >= 0.6 is 23.4 Å². The van der Waals surface area contributed by atoms with Crippen molar-refractivity contribution in [2.75, 3.05) is 26.0 Å². The summed E-state index contributed by atoms with van der Waals surface area (Å²) in [5.41, 5.74) is 1.15. The second kappa shape index (κ2) is 10.1. The minimum absolute atomic E-state index is 0.00223. The molecule has 0 radical (unpaired) electrons. The van der Waals surface area contributed by atoms with E-state index in [0.29, 0.717) is 30.4 Å². The SMILES string of the molecule is COc1ccccc1OCCNC(=O)CSCc1ccc(Cl)cc1. The Morgan fingerprint density at radius 1 is 1.12 bits per heavy atom. The minimum atomic E-state index is -0.00223. The second-order valence-electron chi connectivity index (χ2n) is 4.97. The maximum absolute atomic E-state index is 11.8. The molecule has 4 nitrogen and oxygen atoms in total. The van der Waals surface area contributed by atoms with Gasteiger partial charge in [0.05, 0.1) is 19.4 Å². The molecule has 0 aromatic heterocycles. The molecule has 2 aromatic carbocycles. The Morgan fingerprint density at radius 3 is 2.54 bits per heavy atom. The van der Waals surface area contributed by atoms with Crippen LogP contribution < -0.4 is 14.8 Å². The number of thioether (sulfide) groups is 1. The molecule has 0 aliphatic carbocycles. The molecule has 128 valence electrons. The Morgan fingerprint density at radius 2 is 1.83 bits per heavy atom. The van der Waals surface area contributed by atoms with Gasteiger partial charge in [-0.15, -0.1) is 11.8 Å². The molecule has 0 atom stereocenters. The number of benzene rings is 2. The predicted molar refractivity (Wildman–Crippen MR) is 99.1 cm³/mol. The van der Waals surface area contributed by atoms with Crippen molar-refractivity contribution in [2.24, 2.45) is 0 Å². The fourth-order valence-corrected chi connectivity index (χ4v) is 2.93. The van der Waals surface area contributed by atoms with Crippen molar-refractivity contribution in [3.63, 3.8) is 0 Å². The highest BCUT2D eigenvalue weighted by Gasteiger charge is 2.04. The minimum Gasteiger partial charge on any atom is -0.493 e. The van der Waals surface area contributed by atoms with Crippen LogP contribution in [0.3, 0.4) is 0 Å². The van der Waals surface area contributed by atoms with Crippen LogP contribution in [0, 0.1) is 0 Å². The van der Waals surface area contributed by atoms with E-state index in [-0.39, 0.29) is 5.91 Å². The van der Waals surface area contributed by atoms with Crippen LogP contribution in [0.15, 0.2) is 48.5 Å². The monoisotopic (exact) mass is 365 g/mol. The summed E-state index contributed by atoms with van der Waals surface area (Å²) in [5, 5.41) is 3.56. The van der Waals surface area contributed by atoms with Gasteiger partial charge in [0.2, 0.25) is 5.91 Å². The van der Waals surface area contributed by atoms with Crippen LogP contribution in [-0.4, -0.2) is 31.9 Å². The van der Waals surface area contributed by atoms with Gasteiger partial charge in [0.1, 0.15) is 6.61 Å². The lowest BCUT2D eigenvalue weighted by Gasteiger charge is -2.10. The first-order valence-electron chi connectivity index (χ1n) is 7.54. The van der Waals surface area contributed by atoms with E-state index in [0.717, 1.165) is 16.3 Å². The van der Waals surface area contributed by atoms with Gasteiger partial charge >= 0.3 is 0 Å². The Bertz CT molecular complexity index is 649. The second-order valence-corrected chi connectivity index (χ2v) is 6.39. The van der Waals surface area contributed by atoms with Gasteiger partial charge in [-0.25, -0.2) is 0 Å². The number of carbonyl (C=O) groups excluding carboxylic acids is 1. The maximum atomic E-state index is 11.8. The van der Waals surface area contributed by atoms with Crippen LogP contribution in [0.1, 0.15) is 5.56 Å². The molecule has 0 fully saturated rings. The third-order valence-corrected chi connectivity index (χ3v) is 4.42. The van der Waals surface area contributed by atoms with Crippen molar-refractivity contribution in [3.05, 3.63) is 59.1 Å². The van der Waals surface area contributed by atoms with Crippen LogP contribution in [0.4, 0.5) is 0 Å². The number of nitrogens with one attached hydrogen (secondary N) is 1. The fourth-order valence-electron chi connectivity index (χ4n) is 1.98. The third-order valence-electron chi connectivity index (χ3n) is 3.17. The summed E-state index contributed by atoms with van der Waals surface area (Å²) in [6, 6.07) is 15.1. The highest BCUT2D eigenvalue weighted by atomic mass is 35.5. The molecule has 2 rings (SSSR count). The fraction of sp³-hybridized carbons (Fsp3) is 0.278. The number of ether oxygens (including phenoxy) is 2. The van der Waals surface area contributed by atoms with Gasteiger partial charge in [0.25, 0.3) is 0 Å². The van der Waals surface area contributed by atoms with Gasteiger partial charge in [-0.2, -0.15) is 0 Å². The quantitative estimate of drug-likeness (QED) is 0.687. The molecule has 0 saturated heterocycles.